The summed E-state index contributed by atoms with van der Waals surface area (Å²) in [6, 6.07) is 10.9. The van der Waals surface area contributed by atoms with Gasteiger partial charge in [0.25, 0.3) is 0 Å². The quantitative estimate of drug-likeness (QED) is 0.446. The van der Waals surface area contributed by atoms with E-state index in [0.29, 0.717) is 16.8 Å². The normalized spacial score (nSPS) is 13.9. The number of methoxy groups -OCH3 is 1. The topological polar surface area (TPSA) is 99.3 Å². The van der Waals surface area contributed by atoms with Gasteiger partial charge in [0.15, 0.2) is 5.84 Å². The van der Waals surface area contributed by atoms with Crippen LogP contribution in [0.3, 0.4) is 0 Å². The minimum atomic E-state index is -3.12. The molecule has 0 amide bonds. The highest BCUT2D eigenvalue weighted by molar-refractivity contribution is 7.96. The Balaban J connectivity index is 2.33. The van der Waals surface area contributed by atoms with Gasteiger partial charge in [-0.15, -0.1) is 6.42 Å². The minimum absolute atomic E-state index is 0.0624. The standard InChI is InChI=1S/C20H20FN5O2S/c1-5-29(22,27)13-14-7-6-8-16(11-14)25-20(24-3)26-19(23-2)17-10-9-15(21)12-18(17)28-4/h1,6-12,22H,2,13H2,3-4H3,(H,24,25)/b26-19-. The molecule has 2 N–H and O–H groups in total. The van der Waals surface area contributed by atoms with Crippen molar-refractivity contribution in [2.45, 2.75) is 5.75 Å². The van der Waals surface area contributed by atoms with Crippen LogP contribution in [-0.2, 0) is 15.5 Å². The number of amidine groups is 1. The van der Waals surface area contributed by atoms with Crippen LogP contribution in [-0.4, -0.2) is 36.9 Å². The molecule has 150 valence electrons. The van der Waals surface area contributed by atoms with Gasteiger partial charge in [-0.25, -0.2) is 18.4 Å². The summed E-state index contributed by atoms with van der Waals surface area (Å²) < 4.78 is 38.1. The number of nitrogens with one attached hydrogen (secondary N) is 2. The lowest BCUT2D eigenvalue weighted by molar-refractivity contribution is 0.410. The van der Waals surface area contributed by atoms with E-state index in [1.165, 1.54) is 32.4 Å². The molecule has 1 atom stereocenters. The highest BCUT2D eigenvalue weighted by atomic mass is 32.2. The first-order chi connectivity index (χ1) is 13.8. The van der Waals surface area contributed by atoms with Crippen molar-refractivity contribution >= 4 is 33.9 Å². The van der Waals surface area contributed by atoms with Crippen molar-refractivity contribution < 1.29 is 13.3 Å². The van der Waals surface area contributed by atoms with Crippen molar-refractivity contribution in [3.8, 4) is 17.4 Å². The molecule has 0 heterocycles. The van der Waals surface area contributed by atoms with Gasteiger partial charge >= 0.3 is 0 Å². The van der Waals surface area contributed by atoms with Gasteiger partial charge in [-0.1, -0.05) is 12.1 Å². The van der Waals surface area contributed by atoms with E-state index >= 15 is 0 Å². The van der Waals surface area contributed by atoms with Crippen LogP contribution in [0.5, 0.6) is 5.75 Å². The van der Waals surface area contributed by atoms with Gasteiger partial charge in [-0.2, -0.15) is 4.99 Å². The van der Waals surface area contributed by atoms with E-state index in [2.05, 4.69) is 27.0 Å². The van der Waals surface area contributed by atoms with Gasteiger partial charge < -0.3 is 10.1 Å². The third-order valence-corrected chi connectivity index (χ3v) is 4.84. The maximum atomic E-state index is 13.5. The molecule has 9 heteroatoms. The van der Waals surface area contributed by atoms with E-state index < -0.39 is 15.5 Å². The average Bonchev–Trinajstić information content (AvgIpc) is 2.71. The van der Waals surface area contributed by atoms with Crippen molar-refractivity contribution in [2.75, 3.05) is 19.5 Å². The van der Waals surface area contributed by atoms with Crippen molar-refractivity contribution in [2.24, 2.45) is 15.0 Å². The molecule has 2 rings (SSSR count). The van der Waals surface area contributed by atoms with Gasteiger partial charge in [0, 0.05) is 24.1 Å². The van der Waals surface area contributed by atoms with Crippen LogP contribution < -0.4 is 10.1 Å². The summed E-state index contributed by atoms with van der Waals surface area (Å²) in [6.45, 7) is 3.51. The zero-order chi connectivity index (χ0) is 21.4. The van der Waals surface area contributed by atoms with Crippen LogP contribution in [0.1, 0.15) is 11.1 Å². The van der Waals surface area contributed by atoms with Gasteiger partial charge in [-0.3, -0.25) is 4.99 Å². The van der Waals surface area contributed by atoms with Gasteiger partial charge in [-0.05, 0) is 36.5 Å². The minimum Gasteiger partial charge on any atom is -0.496 e. The highest BCUT2D eigenvalue weighted by Crippen LogP contribution is 2.21. The average molecular weight is 413 g/mol. The molecule has 1 unspecified atom stereocenters. The Morgan fingerprint density at radius 3 is 2.76 bits per heavy atom. The van der Waals surface area contributed by atoms with Gasteiger partial charge in [0.05, 0.1) is 18.4 Å². The number of anilines is 1. The number of rotatable bonds is 5. The summed E-state index contributed by atoms with van der Waals surface area (Å²) in [5.74, 6) is 0.138. The first-order valence-electron chi connectivity index (χ1n) is 8.27. The predicted octanol–water partition coefficient (Wildman–Crippen LogP) is 3.52. The molecule has 0 bridgehead atoms. The van der Waals surface area contributed by atoms with Crippen LogP contribution in [0, 0.1) is 22.3 Å². The molecule has 0 aliphatic rings. The lowest BCUT2D eigenvalue weighted by Gasteiger charge is -2.10. The van der Waals surface area contributed by atoms with Crippen molar-refractivity contribution in [3.63, 3.8) is 0 Å². The maximum Gasteiger partial charge on any atom is 0.224 e. The largest absolute Gasteiger partial charge is 0.496 e. The Hall–Kier alpha value is -3.51. The third kappa shape index (κ3) is 5.99. The van der Waals surface area contributed by atoms with Gasteiger partial charge in [0.1, 0.15) is 21.3 Å². The van der Waals surface area contributed by atoms with Crippen LogP contribution >= 0.6 is 0 Å². The zero-order valence-corrected chi connectivity index (χ0v) is 16.8. The molecular weight excluding hydrogens is 393 g/mol. The number of hydrogen-bond acceptors (Lipinski definition) is 4. The van der Waals surface area contributed by atoms with E-state index in [4.69, 9.17) is 15.9 Å². The fourth-order valence-electron chi connectivity index (χ4n) is 2.41. The van der Waals surface area contributed by atoms with Crippen molar-refractivity contribution in [3.05, 3.63) is 59.4 Å². The zero-order valence-electron chi connectivity index (χ0n) is 16.0. The number of halogens is 1. The summed E-state index contributed by atoms with van der Waals surface area (Å²) >= 11 is 0. The van der Waals surface area contributed by atoms with Gasteiger partial charge in [0.2, 0.25) is 5.96 Å². The number of benzene rings is 2. The second-order valence-electron chi connectivity index (χ2n) is 5.75. The summed E-state index contributed by atoms with van der Waals surface area (Å²) in [5, 5.41) is 5.01. The first-order valence-corrected chi connectivity index (χ1v) is 10.0. The van der Waals surface area contributed by atoms with Crippen molar-refractivity contribution in [1.82, 2.24) is 0 Å². The highest BCUT2D eigenvalue weighted by Gasteiger charge is 2.12. The van der Waals surface area contributed by atoms with E-state index in [1.807, 2.05) is 5.25 Å². The SMILES string of the molecule is C#CS(=N)(=O)Cc1cccc(NC(=NC)/N=C(\N=C)c2ccc(F)cc2OC)c1. The molecule has 0 aliphatic carbocycles. The van der Waals surface area contributed by atoms with E-state index in [9.17, 15) is 8.60 Å². The number of aliphatic imine (C=N–C) groups is 3. The number of guanidine groups is 1. The van der Waals surface area contributed by atoms with Crippen molar-refractivity contribution in [1.29, 1.82) is 4.78 Å². The Labute approximate surface area is 169 Å². The Morgan fingerprint density at radius 1 is 1.38 bits per heavy atom. The molecule has 0 saturated carbocycles. The number of terminal acetylenes is 1. The summed E-state index contributed by atoms with van der Waals surface area (Å²) in [7, 11) is -0.169. The predicted molar refractivity (Wildman–Crippen MR) is 116 cm³/mol. The molecular formula is C20H20FN5O2S. The smallest absolute Gasteiger partial charge is 0.224 e. The number of hydrogen-bond donors (Lipinski definition) is 2. The Morgan fingerprint density at radius 2 is 2.14 bits per heavy atom. The molecule has 2 aromatic rings. The molecule has 0 radical (unpaired) electrons. The lowest BCUT2D eigenvalue weighted by Crippen LogP contribution is -2.13. The monoisotopic (exact) mass is 413 g/mol. The number of nitrogens with zero attached hydrogens (tertiary/aromatic N) is 3. The second kappa shape index (κ2) is 9.61. The molecule has 0 aromatic heterocycles. The molecule has 0 fully saturated rings. The first kappa shape index (κ1) is 21.8. The third-order valence-electron chi connectivity index (χ3n) is 3.72. The second-order valence-corrected chi connectivity index (χ2v) is 7.62. The maximum absolute atomic E-state index is 13.5. The fourth-order valence-corrected chi connectivity index (χ4v) is 3.14. The summed E-state index contributed by atoms with van der Waals surface area (Å²) in [4.78, 5) is 12.3. The molecule has 0 spiro atoms. The van der Waals surface area contributed by atoms with Crippen LogP contribution in [0.15, 0.2) is 57.4 Å². The summed E-state index contributed by atoms with van der Waals surface area (Å²) in [6.07, 6.45) is 5.14. The van der Waals surface area contributed by atoms with Crippen LogP contribution in [0.4, 0.5) is 10.1 Å². The number of ether oxygens (including phenoxy) is 1. The van der Waals surface area contributed by atoms with E-state index in [-0.39, 0.29) is 23.3 Å². The molecule has 2 aromatic carbocycles. The Bertz CT molecular complexity index is 1120. The van der Waals surface area contributed by atoms with E-state index in [0.717, 1.165) is 0 Å². The summed E-state index contributed by atoms with van der Waals surface area (Å²) in [5.41, 5.74) is 1.69. The van der Waals surface area contributed by atoms with E-state index in [1.54, 1.807) is 24.3 Å². The van der Waals surface area contributed by atoms with Crippen LogP contribution in [0.2, 0.25) is 0 Å². The molecule has 0 aliphatic heterocycles. The van der Waals surface area contributed by atoms with Crippen LogP contribution in [0.25, 0.3) is 0 Å². The molecule has 7 nitrogen and oxygen atoms in total. The lowest BCUT2D eigenvalue weighted by atomic mass is 10.2. The fraction of sp³-hybridized carbons (Fsp3) is 0.150. The molecule has 29 heavy (non-hydrogen) atoms. The molecule has 0 saturated heterocycles. The Kier molecular flexibility index (Phi) is 7.22.